The Morgan fingerprint density at radius 3 is 2.96 bits per heavy atom. The molecule has 0 spiro atoms. The minimum atomic E-state index is 0.0532. The van der Waals surface area contributed by atoms with E-state index in [0.29, 0.717) is 16.7 Å². The largest absolute Gasteiger partial charge is 0.431 e. The van der Waals surface area contributed by atoms with Gasteiger partial charge in [0.25, 0.3) is 11.1 Å². The minimum absolute atomic E-state index is 0.0532. The Morgan fingerprint density at radius 1 is 1.33 bits per heavy atom. The van der Waals surface area contributed by atoms with Crippen molar-refractivity contribution in [2.45, 2.75) is 30.7 Å². The highest BCUT2D eigenvalue weighted by Crippen LogP contribution is 2.28. The van der Waals surface area contributed by atoms with Crippen molar-refractivity contribution >= 4 is 40.1 Å². The van der Waals surface area contributed by atoms with E-state index in [2.05, 4.69) is 9.97 Å². The quantitative estimate of drug-likeness (QED) is 0.656. The number of rotatable bonds is 4. The summed E-state index contributed by atoms with van der Waals surface area (Å²) in [6, 6.07) is 5.92. The lowest BCUT2D eigenvalue weighted by Crippen LogP contribution is -2.27. The van der Waals surface area contributed by atoms with Crippen LogP contribution in [-0.4, -0.2) is 33.9 Å². The van der Waals surface area contributed by atoms with Gasteiger partial charge in [-0.2, -0.15) is 0 Å². The molecule has 0 saturated carbocycles. The van der Waals surface area contributed by atoms with Gasteiger partial charge in [0, 0.05) is 18.5 Å². The van der Waals surface area contributed by atoms with Gasteiger partial charge >= 0.3 is 0 Å². The van der Waals surface area contributed by atoms with E-state index >= 15 is 0 Å². The molecular formula is C17H17N3O2S2. The third-order valence-electron chi connectivity index (χ3n) is 4.08. The third-order valence-corrected chi connectivity index (χ3v) is 5.96. The predicted molar refractivity (Wildman–Crippen MR) is 95.6 cm³/mol. The lowest BCUT2D eigenvalue weighted by atomic mass is 10.2. The van der Waals surface area contributed by atoms with Crippen molar-refractivity contribution in [2.24, 2.45) is 0 Å². The molecule has 0 radical (unpaired) electrons. The van der Waals surface area contributed by atoms with Gasteiger partial charge in [-0.1, -0.05) is 23.9 Å². The molecule has 4 rings (SSSR count). The van der Waals surface area contributed by atoms with Crippen molar-refractivity contribution in [1.29, 1.82) is 0 Å². The molecule has 1 aliphatic heterocycles. The number of amides is 1. The molecule has 0 unspecified atom stereocenters. The molecule has 0 N–H and O–H groups in total. The number of aryl methyl sites for hydroxylation is 1. The van der Waals surface area contributed by atoms with Crippen molar-refractivity contribution < 1.29 is 9.21 Å². The first kappa shape index (κ1) is 15.7. The van der Waals surface area contributed by atoms with Crippen molar-refractivity contribution in [3.63, 3.8) is 0 Å². The Labute approximate surface area is 148 Å². The molecule has 1 saturated heterocycles. The molecule has 1 aliphatic rings. The fraction of sp³-hybridized carbons (Fsp3) is 0.353. The Bertz CT molecular complexity index is 881. The van der Waals surface area contributed by atoms with E-state index in [-0.39, 0.29) is 5.91 Å². The number of thiazole rings is 1. The van der Waals surface area contributed by atoms with E-state index < -0.39 is 0 Å². The van der Waals surface area contributed by atoms with Gasteiger partial charge in [0.05, 0.1) is 5.75 Å². The van der Waals surface area contributed by atoms with Crippen LogP contribution >= 0.6 is 23.1 Å². The van der Waals surface area contributed by atoms with Crippen LogP contribution in [0.15, 0.2) is 33.2 Å². The summed E-state index contributed by atoms with van der Waals surface area (Å²) in [5, 5.41) is 3.41. The van der Waals surface area contributed by atoms with Crippen LogP contribution in [0.4, 0.5) is 0 Å². The Hall–Kier alpha value is -1.86. The van der Waals surface area contributed by atoms with E-state index in [9.17, 15) is 4.79 Å². The van der Waals surface area contributed by atoms with E-state index in [1.807, 2.05) is 35.4 Å². The molecule has 0 aliphatic carbocycles. The molecule has 5 nitrogen and oxygen atoms in total. The first-order valence-electron chi connectivity index (χ1n) is 7.93. The van der Waals surface area contributed by atoms with Crippen molar-refractivity contribution in [2.75, 3.05) is 13.1 Å². The van der Waals surface area contributed by atoms with Crippen LogP contribution in [0.2, 0.25) is 0 Å². The molecule has 24 heavy (non-hydrogen) atoms. The number of para-hydroxylation sites is 1. The normalized spacial score (nSPS) is 14.6. The van der Waals surface area contributed by atoms with Gasteiger partial charge in [-0.25, -0.2) is 9.97 Å². The van der Waals surface area contributed by atoms with Crippen molar-refractivity contribution in [3.05, 3.63) is 39.8 Å². The highest BCUT2D eigenvalue weighted by molar-refractivity contribution is 7.98. The van der Waals surface area contributed by atoms with Crippen LogP contribution in [0.25, 0.3) is 11.1 Å². The SMILES string of the molecule is Cc1cccc2oc(SCc3nc(C(=O)N4CCCC4)cs3)nc12. The number of nitrogens with zero attached hydrogens (tertiary/aromatic N) is 3. The number of benzene rings is 1. The summed E-state index contributed by atoms with van der Waals surface area (Å²) in [4.78, 5) is 23.2. The first-order chi connectivity index (χ1) is 11.7. The van der Waals surface area contributed by atoms with Crippen LogP contribution in [0.5, 0.6) is 0 Å². The second kappa shape index (κ2) is 6.57. The zero-order valence-corrected chi connectivity index (χ0v) is 15.0. The van der Waals surface area contributed by atoms with Crippen molar-refractivity contribution in [3.8, 4) is 0 Å². The van der Waals surface area contributed by atoms with Gasteiger partial charge in [0.2, 0.25) is 0 Å². The maximum Gasteiger partial charge on any atom is 0.273 e. The second-order valence-electron chi connectivity index (χ2n) is 5.82. The average Bonchev–Trinajstić information content (AvgIpc) is 3.32. The smallest absolute Gasteiger partial charge is 0.273 e. The molecule has 1 fully saturated rings. The van der Waals surface area contributed by atoms with Gasteiger partial charge in [0.1, 0.15) is 16.2 Å². The summed E-state index contributed by atoms with van der Waals surface area (Å²) in [7, 11) is 0. The fourth-order valence-electron chi connectivity index (χ4n) is 2.81. The van der Waals surface area contributed by atoms with E-state index in [4.69, 9.17) is 4.42 Å². The van der Waals surface area contributed by atoms with E-state index in [1.165, 1.54) is 23.1 Å². The topological polar surface area (TPSA) is 59.2 Å². The maximum atomic E-state index is 12.3. The highest BCUT2D eigenvalue weighted by atomic mass is 32.2. The Kier molecular flexibility index (Phi) is 4.28. The van der Waals surface area contributed by atoms with Crippen LogP contribution in [0.1, 0.15) is 33.9 Å². The predicted octanol–water partition coefficient (Wildman–Crippen LogP) is 4.12. The maximum absolute atomic E-state index is 12.3. The molecule has 124 valence electrons. The summed E-state index contributed by atoms with van der Waals surface area (Å²) in [6.07, 6.45) is 2.19. The molecule has 3 heterocycles. The average molecular weight is 359 g/mol. The second-order valence-corrected chi connectivity index (χ2v) is 7.69. The first-order valence-corrected chi connectivity index (χ1v) is 9.80. The van der Waals surface area contributed by atoms with Gasteiger partial charge in [-0.15, -0.1) is 11.3 Å². The monoisotopic (exact) mass is 359 g/mol. The molecule has 1 aromatic carbocycles. The van der Waals surface area contributed by atoms with Crippen LogP contribution in [0, 0.1) is 6.92 Å². The number of carbonyl (C=O) groups excluding carboxylic acids is 1. The zero-order chi connectivity index (χ0) is 16.5. The number of aromatic nitrogens is 2. The lowest BCUT2D eigenvalue weighted by Gasteiger charge is -2.12. The summed E-state index contributed by atoms with van der Waals surface area (Å²) in [5.74, 6) is 0.710. The standard InChI is InChI=1S/C17H17N3O2S2/c1-11-5-4-6-13-15(11)19-17(22-13)24-10-14-18-12(9-23-14)16(21)20-7-2-3-8-20/h4-6,9H,2-3,7-8,10H2,1H3. The molecule has 1 amide bonds. The number of oxazole rings is 1. The van der Waals surface area contributed by atoms with Gasteiger partial charge in [-0.05, 0) is 31.4 Å². The molecule has 3 aromatic rings. The summed E-state index contributed by atoms with van der Waals surface area (Å²) in [5.41, 5.74) is 3.38. The molecular weight excluding hydrogens is 342 g/mol. The summed E-state index contributed by atoms with van der Waals surface area (Å²) >= 11 is 3.03. The number of hydrogen-bond acceptors (Lipinski definition) is 6. The number of hydrogen-bond donors (Lipinski definition) is 0. The number of carbonyl (C=O) groups is 1. The van der Waals surface area contributed by atoms with Gasteiger partial charge in [-0.3, -0.25) is 4.79 Å². The van der Waals surface area contributed by atoms with E-state index in [1.54, 1.807) is 0 Å². The van der Waals surface area contributed by atoms with Crippen LogP contribution in [0.3, 0.4) is 0 Å². The molecule has 2 aromatic heterocycles. The highest BCUT2D eigenvalue weighted by Gasteiger charge is 2.21. The number of thioether (sulfide) groups is 1. The van der Waals surface area contributed by atoms with Gasteiger partial charge < -0.3 is 9.32 Å². The summed E-state index contributed by atoms with van der Waals surface area (Å²) in [6.45, 7) is 3.72. The molecule has 0 bridgehead atoms. The van der Waals surface area contributed by atoms with E-state index in [0.717, 1.165) is 47.6 Å². The fourth-order valence-corrected chi connectivity index (χ4v) is 4.43. The minimum Gasteiger partial charge on any atom is -0.431 e. The number of fused-ring (bicyclic) bond motifs is 1. The van der Waals surface area contributed by atoms with Crippen molar-refractivity contribution in [1.82, 2.24) is 14.9 Å². The number of likely N-dealkylation sites (tertiary alicyclic amines) is 1. The Balaban J connectivity index is 1.44. The summed E-state index contributed by atoms with van der Waals surface area (Å²) < 4.78 is 5.76. The van der Waals surface area contributed by atoms with Gasteiger partial charge in [0.15, 0.2) is 5.58 Å². The van der Waals surface area contributed by atoms with Crippen LogP contribution in [-0.2, 0) is 5.75 Å². The molecule has 7 heteroatoms. The van der Waals surface area contributed by atoms with Crippen LogP contribution < -0.4 is 0 Å². The molecule has 0 atom stereocenters. The third kappa shape index (κ3) is 3.06. The zero-order valence-electron chi connectivity index (χ0n) is 13.3. The lowest BCUT2D eigenvalue weighted by molar-refractivity contribution is 0.0787. The Morgan fingerprint density at radius 2 is 2.17 bits per heavy atom.